The van der Waals surface area contributed by atoms with E-state index in [0.29, 0.717) is 0 Å². The number of sulfonamides is 1. The van der Waals surface area contributed by atoms with Crippen molar-refractivity contribution in [3.8, 4) is 0 Å². The molecule has 0 saturated carbocycles. The van der Waals surface area contributed by atoms with Crippen LogP contribution in [0.25, 0.3) is 0 Å². The second kappa shape index (κ2) is 5.82. The van der Waals surface area contributed by atoms with Gasteiger partial charge in [-0.2, -0.15) is 0 Å². The van der Waals surface area contributed by atoms with Crippen LogP contribution in [-0.2, 0) is 10.0 Å². The molecule has 0 fully saturated rings. The second-order valence-electron chi connectivity index (χ2n) is 4.40. The maximum Gasteiger partial charge on any atom is 0.263 e. The van der Waals surface area contributed by atoms with Crippen molar-refractivity contribution >= 4 is 48.9 Å². The van der Waals surface area contributed by atoms with Gasteiger partial charge in [-0.25, -0.2) is 12.8 Å². The molecule has 0 radical (unpaired) electrons. The highest BCUT2D eigenvalue weighted by Gasteiger charge is 2.21. The normalized spacial score (nSPS) is 11.4. The lowest BCUT2D eigenvalue weighted by Gasteiger charge is -2.12. The Labute approximate surface area is 135 Å². The molecule has 21 heavy (non-hydrogen) atoms. The lowest BCUT2D eigenvalue weighted by molar-refractivity contribution is 0.598. The van der Waals surface area contributed by atoms with Crippen molar-refractivity contribution in [2.24, 2.45) is 0 Å². The zero-order valence-corrected chi connectivity index (χ0v) is 14.0. The summed E-state index contributed by atoms with van der Waals surface area (Å²) in [6, 6.07) is 6.78. The van der Waals surface area contributed by atoms with Gasteiger partial charge in [0, 0.05) is 10.7 Å². The standard InChI is InChI=1S/C13H11BrClFN2O2S/c1-7-2-3-9(16)11(4-7)18-21(19,20)12-6-8(15)5-10(17)13(12)14/h2-6,18H,17H2,1H3. The minimum absolute atomic E-state index is 0.138. The molecule has 0 saturated heterocycles. The molecule has 0 aliphatic rings. The maximum absolute atomic E-state index is 13.7. The lowest BCUT2D eigenvalue weighted by Crippen LogP contribution is -2.15. The average molecular weight is 394 g/mol. The van der Waals surface area contributed by atoms with E-state index < -0.39 is 15.8 Å². The highest BCUT2D eigenvalue weighted by atomic mass is 79.9. The molecule has 2 aromatic rings. The van der Waals surface area contributed by atoms with E-state index in [0.717, 1.165) is 5.56 Å². The zero-order valence-electron chi connectivity index (χ0n) is 10.8. The van der Waals surface area contributed by atoms with E-state index in [1.807, 2.05) is 0 Å². The van der Waals surface area contributed by atoms with Crippen molar-refractivity contribution < 1.29 is 12.8 Å². The molecule has 0 aromatic heterocycles. The number of benzene rings is 2. The van der Waals surface area contributed by atoms with Crippen LogP contribution in [0.2, 0.25) is 5.02 Å². The molecule has 0 spiro atoms. The topological polar surface area (TPSA) is 72.2 Å². The maximum atomic E-state index is 13.7. The van der Waals surface area contributed by atoms with Crippen molar-refractivity contribution in [2.45, 2.75) is 11.8 Å². The summed E-state index contributed by atoms with van der Waals surface area (Å²) in [5.74, 6) is -0.671. The van der Waals surface area contributed by atoms with Crippen LogP contribution in [0.3, 0.4) is 0 Å². The largest absolute Gasteiger partial charge is 0.398 e. The number of nitrogen functional groups attached to an aromatic ring is 1. The first-order valence-electron chi connectivity index (χ1n) is 5.74. The summed E-state index contributed by atoms with van der Waals surface area (Å²) >= 11 is 8.92. The van der Waals surface area contributed by atoms with Gasteiger partial charge in [0.15, 0.2) is 0 Å². The van der Waals surface area contributed by atoms with Gasteiger partial charge in [0.05, 0.1) is 10.2 Å². The van der Waals surface area contributed by atoms with Gasteiger partial charge < -0.3 is 5.73 Å². The van der Waals surface area contributed by atoms with E-state index in [4.69, 9.17) is 17.3 Å². The monoisotopic (exact) mass is 392 g/mol. The quantitative estimate of drug-likeness (QED) is 0.776. The van der Waals surface area contributed by atoms with Crippen LogP contribution in [0, 0.1) is 12.7 Å². The van der Waals surface area contributed by atoms with Crippen LogP contribution in [0.1, 0.15) is 5.56 Å². The van der Waals surface area contributed by atoms with Gasteiger partial charge in [-0.1, -0.05) is 17.7 Å². The van der Waals surface area contributed by atoms with E-state index in [9.17, 15) is 12.8 Å². The molecule has 0 heterocycles. The number of halogens is 3. The lowest BCUT2D eigenvalue weighted by atomic mass is 10.2. The first kappa shape index (κ1) is 16.1. The van der Waals surface area contributed by atoms with E-state index in [1.54, 1.807) is 13.0 Å². The third-order valence-electron chi connectivity index (χ3n) is 2.69. The van der Waals surface area contributed by atoms with Gasteiger partial charge >= 0.3 is 0 Å². The number of hydrogen-bond donors (Lipinski definition) is 2. The fourth-order valence-electron chi connectivity index (χ4n) is 1.70. The number of rotatable bonds is 3. The van der Waals surface area contributed by atoms with E-state index in [-0.39, 0.29) is 25.8 Å². The van der Waals surface area contributed by atoms with Crippen LogP contribution >= 0.6 is 27.5 Å². The first-order valence-corrected chi connectivity index (χ1v) is 8.39. The summed E-state index contributed by atoms with van der Waals surface area (Å²) in [4.78, 5) is -0.159. The van der Waals surface area contributed by atoms with Gasteiger partial charge in [-0.3, -0.25) is 4.72 Å². The minimum Gasteiger partial charge on any atom is -0.398 e. The molecule has 4 nitrogen and oxygen atoms in total. The number of anilines is 2. The Kier molecular flexibility index (Phi) is 4.46. The van der Waals surface area contributed by atoms with Crippen LogP contribution in [0.15, 0.2) is 39.7 Å². The molecular formula is C13H11BrClFN2O2S. The Hall–Kier alpha value is -1.31. The summed E-state index contributed by atoms with van der Waals surface area (Å²) in [6.45, 7) is 1.73. The molecule has 0 atom stereocenters. The third-order valence-corrected chi connectivity index (χ3v) is 5.44. The smallest absolute Gasteiger partial charge is 0.263 e. The molecule has 0 aliphatic carbocycles. The Morgan fingerprint density at radius 1 is 1.29 bits per heavy atom. The third kappa shape index (κ3) is 3.48. The van der Waals surface area contributed by atoms with Crippen LogP contribution < -0.4 is 10.5 Å². The zero-order chi connectivity index (χ0) is 15.8. The molecule has 0 bridgehead atoms. The Morgan fingerprint density at radius 2 is 1.95 bits per heavy atom. The number of nitrogens with two attached hydrogens (primary N) is 1. The highest BCUT2D eigenvalue weighted by Crippen LogP contribution is 2.33. The summed E-state index contributed by atoms with van der Waals surface area (Å²) < 4.78 is 40.8. The molecular weight excluding hydrogens is 383 g/mol. The fraction of sp³-hybridized carbons (Fsp3) is 0.0769. The van der Waals surface area contributed by atoms with Crippen molar-refractivity contribution in [1.29, 1.82) is 0 Å². The number of hydrogen-bond acceptors (Lipinski definition) is 3. The van der Waals surface area contributed by atoms with Gasteiger partial charge in [-0.15, -0.1) is 0 Å². The van der Waals surface area contributed by atoms with Crippen molar-refractivity contribution in [2.75, 3.05) is 10.5 Å². The summed E-state index contributed by atoms with van der Waals surface area (Å²) in [7, 11) is -4.03. The van der Waals surface area contributed by atoms with E-state index >= 15 is 0 Å². The van der Waals surface area contributed by atoms with Crippen LogP contribution in [0.4, 0.5) is 15.8 Å². The fourth-order valence-corrected chi connectivity index (χ4v) is 4.05. The summed E-state index contributed by atoms with van der Waals surface area (Å²) in [6.07, 6.45) is 0. The van der Waals surface area contributed by atoms with Gasteiger partial charge in [-0.05, 0) is 52.7 Å². The molecule has 3 N–H and O–H groups in total. The van der Waals surface area contributed by atoms with Crippen molar-refractivity contribution in [3.05, 3.63) is 51.2 Å². The SMILES string of the molecule is Cc1ccc(F)c(NS(=O)(=O)c2cc(Cl)cc(N)c2Br)c1. The highest BCUT2D eigenvalue weighted by molar-refractivity contribution is 9.10. The summed E-state index contributed by atoms with van der Waals surface area (Å²) in [5.41, 5.74) is 6.42. The molecule has 0 amide bonds. The van der Waals surface area contributed by atoms with Crippen molar-refractivity contribution in [3.63, 3.8) is 0 Å². The predicted octanol–water partition coefficient (Wildman–Crippen LogP) is 3.93. The van der Waals surface area contributed by atoms with E-state index in [1.165, 1.54) is 24.3 Å². The first-order chi connectivity index (χ1) is 9.70. The minimum atomic E-state index is -4.03. The average Bonchev–Trinajstić information content (AvgIpc) is 2.37. The number of nitrogens with one attached hydrogen (secondary N) is 1. The van der Waals surface area contributed by atoms with Gasteiger partial charge in [0.2, 0.25) is 0 Å². The Morgan fingerprint density at radius 3 is 2.62 bits per heavy atom. The molecule has 112 valence electrons. The molecule has 8 heteroatoms. The van der Waals surface area contributed by atoms with Crippen molar-refractivity contribution in [1.82, 2.24) is 0 Å². The predicted molar refractivity (Wildman–Crippen MR) is 85.5 cm³/mol. The summed E-state index contributed by atoms with van der Waals surface area (Å²) in [5, 5.41) is 0.167. The molecule has 0 unspecified atom stereocenters. The molecule has 0 aliphatic heterocycles. The van der Waals surface area contributed by atoms with Crippen LogP contribution in [-0.4, -0.2) is 8.42 Å². The Bertz CT molecular complexity index is 812. The Balaban J connectivity index is 2.51. The molecule has 2 rings (SSSR count). The second-order valence-corrected chi connectivity index (χ2v) is 7.28. The van der Waals surface area contributed by atoms with Crippen LogP contribution in [0.5, 0.6) is 0 Å². The van der Waals surface area contributed by atoms with Gasteiger partial charge in [0.25, 0.3) is 10.0 Å². The number of aryl methyl sites for hydroxylation is 1. The molecule has 2 aromatic carbocycles. The van der Waals surface area contributed by atoms with E-state index in [2.05, 4.69) is 20.7 Å². The van der Waals surface area contributed by atoms with Gasteiger partial charge in [0.1, 0.15) is 10.7 Å².